The van der Waals surface area contributed by atoms with Gasteiger partial charge in [0.25, 0.3) is 11.6 Å². The Hall–Kier alpha value is -4.32. The summed E-state index contributed by atoms with van der Waals surface area (Å²) in [6.07, 6.45) is 4.52. The summed E-state index contributed by atoms with van der Waals surface area (Å²) >= 11 is 1.07. The minimum atomic E-state index is -0.601. The highest BCUT2D eigenvalue weighted by Gasteiger charge is 2.20. The van der Waals surface area contributed by atoms with E-state index in [1.54, 1.807) is 36.0 Å². The van der Waals surface area contributed by atoms with E-state index in [2.05, 4.69) is 20.5 Å². The first-order chi connectivity index (χ1) is 16.4. The Kier molecular flexibility index (Phi) is 6.78. The third-order valence-electron chi connectivity index (χ3n) is 4.60. The fourth-order valence-electron chi connectivity index (χ4n) is 2.91. The standard InChI is InChI=1S/C22H17FN6O4S/c1-28-13-26-27-22(28)34-20-7-5-15(10-18(20)29(31)32)21(30)25-11-14-4-6-19(17(23)9-14)33-16-3-2-8-24-12-16/h2-10,12-13H,11H2,1H3,(H,25,30). The molecule has 0 aliphatic rings. The lowest BCUT2D eigenvalue weighted by atomic mass is 10.1. The van der Waals surface area contributed by atoms with E-state index < -0.39 is 16.6 Å². The fourth-order valence-corrected chi connectivity index (χ4v) is 3.76. The highest BCUT2D eigenvalue weighted by atomic mass is 32.2. The van der Waals surface area contributed by atoms with Gasteiger partial charge in [-0.15, -0.1) is 10.2 Å². The van der Waals surface area contributed by atoms with Gasteiger partial charge in [0, 0.05) is 31.4 Å². The summed E-state index contributed by atoms with van der Waals surface area (Å²) in [5.41, 5.74) is 0.364. The van der Waals surface area contributed by atoms with Crippen LogP contribution in [0.3, 0.4) is 0 Å². The van der Waals surface area contributed by atoms with Crippen LogP contribution in [-0.2, 0) is 13.6 Å². The fraction of sp³-hybridized carbons (Fsp3) is 0.0909. The van der Waals surface area contributed by atoms with E-state index in [0.717, 1.165) is 11.8 Å². The molecule has 172 valence electrons. The van der Waals surface area contributed by atoms with Crippen LogP contribution in [0, 0.1) is 15.9 Å². The van der Waals surface area contributed by atoms with Crippen LogP contribution in [0.15, 0.2) is 77.3 Å². The van der Waals surface area contributed by atoms with Gasteiger partial charge in [0.05, 0.1) is 16.0 Å². The molecule has 0 bridgehead atoms. The zero-order chi connectivity index (χ0) is 24.1. The van der Waals surface area contributed by atoms with Crippen LogP contribution in [0.2, 0.25) is 0 Å². The van der Waals surface area contributed by atoms with Crippen molar-refractivity contribution in [3.05, 3.63) is 94.3 Å². The van der Waals surface area contributed by atoms with Crippen LogP contribution in [-0.4, -0.2) is 30.6 Å². The average molecular weight is 480 g/mol. The topological polar surface area (TPSA) is 125 Å². The van der Waals surface area contributed by atoms with Crippen molar-refractivity contribution in [2.75, 3.05) is 0 Å². The molecule has 0 aliphatic carbocycles. The molecule has 0 atom stereocenters. The molecule has 1 N–H and O–H groups in total. The molecule has 0 aliphatic heterocycles. The van der Waals surface area contributed by atoms with Crippen molar-refractivity contribution in [1.29, 1.82) is 0 Å². The van der Waals surface area contributed by atoms with Crippen molar-refractivity contribution < 1.29 is 18.8 Å². The number of nitrogens with one attached hydrogen (secondary N) is 1. The molecular weight excluding hydrogens is 463 g/mol. The van der Waals surface area contributed by atoms with Gasteiger partial charge >= 0.3 is 0 Å². The van der Waals surface area contributed by atoms with E-state index in [1.165, 1.54) is 42.9 Å². The Morgan fingerprint density at radius 2 is 2.12 bits per heavy atom. The number of pyridine rings is 1. The number of halogens is 1. The molecule has 0 saturated heterocycles. The molecule has 1 amide bonds. The van der Waals surface area contributed by atoms with Crippen molar-refractivity contribution in [2.24, 2.45) is 7.05 Å². The molecule has 2 aromatic heterocycles. The number of nitro groups is 1. The van der Waals surface area contributed by atoms with Crippen molar-refractivity contribution >= 4 is 23.4 Å². The molecule has 4 rings (SSSR count). The monoisotopic (exact) mass is 480 g/mol. The third-order valence-corrected chi connectivity index (χ3v) is 5.72. The SMILES string of the molecule is Cn1cnnc1Sc1ccc(C(=O)NCc2ccc(Oc3cccnc3)c(F)c2)cc1[N+](=O)[O-]. The summed E-state index contributed by atoms with van der Waals surface area (Å²) in [6, 6.07) is 11.8. The van der Waals surface area contributed by atoms with Crippen LogP contribution >= 0.6 is 11.8 Å². The zero-order valence-electron chi connectivity index (χ0n) is 17.7. The number of aryl methyl sites for hydroxylation is 1. The third kappa shape index (κ3) is 5.35. The number of ether oxygens (including phenoxy) is 1. The Balaban J connectivity index is 1.43. The van der Waals surface area contributed by atoms with Gasteiger partial charge in [-0.3, -0.25) is 19.9 Å². The maximum absolute atomic E-state index is 14.4. The van der Waals surface area contributed by atoms with Crippen LogP contribution in [0.5, 0.6) is 11.5 Å². The second-order valence-corrected chi connectivity index (χ2v) is 8.01. The number of aromatic nitrogens is 4. The summed E-state index contributed by atoms with van der Waals surface area (Å²) in [5.74, 6) is -0.717. The van der Waals surface area contributed by atoms with Gasteiger partial charge in [0.15, 0.2) is 16.7 Å². The van der Waals surface area contributed by atoms with Gasteiger partial charge < -0.3 is 14.6 Å². The molecule has 0 spiro atoms. The highest BCUT2D eigenvalue weighted by Crippen LogP contribution is 2.34. The first kappa shape index (κ1) is 22.9. The Morgan fingerprint density at radius 3 is 2.79 bits per heavy atom. The number of carbonyl (C=O) groups is 1. The van der Waals surface area contributed by atoms with E-state index in [4.69, 9.17) is 4.74 Å². The van der Waals surface area contributed by atoms with E-state index in [1.807, 2.05) is 0 Å². The van der Waals surface area contributed by atoms with Gasteiger partial charge in [-0.25, -0.2) is 4.39 Å². The minimum absolute atomic E-state index is 0.0200. The normalized spacial score (nSPS) is 10.6. The number of hydrogen-bond donors (Lipinski definition) is 1. The quantitative estimate of drug-likeness (QED) is 0.295. The summed E-state index contributed by atoms with van der Waals surface area (Å²) in [5, 5.41) is 22.3. The lowest BCUT2D eigenvalue weighted by Gasteiger charge is -2.10. The molecule has 2 heterocycles. The van der Waals surface area contributed by atoms with E-state index in [-0.39, 0.29) is 23.5 Å². The Bertz CT molecular complexity index is 1350. The van der Waals surface area contributed by atoms with Gasteiger partial charge in [-0.2, -0.15) is 0 Å². The van der Waals surface area contributed by atoms with Crippen molar-refractivity contribution in [2.45, 2.75) is 16.6 Å². The van der Waals surface area contributed by atoms with Crippen LogP contribution < -0.4 is 10.1 Å². The van der Waals surface area contributed by atoms with Gasteiger partial charge in [-0.1, -0.05) is 6.07 Å². The zero-order valence-corrected chi connectivity index (χ0v) is 18.5. The van der Waals surface area contributed by atoms with Gasteiger partial charge in [0.2, 0.25) is 0 Å². The van der Waals surface area contributed by atoms with Gasteiger partial charge in [0.1, 0.15) is 12.1 Å². The summed E-state index contributed by atoms with van der Waals surface area (Å²) in [4.78, 5) is 27.8. The molecule has 0 fully saturated rings. The largest absolute Gasteiger partial charge is 0.453 e. The predicted octanol–water partition coefficient (Wildman–Crippen LogP) is 4.13. The average Bonchev–Trinajstić information content (AvgIpc) is 3.24. The molecule has 0 radical (unpaired) electrons. The predicted molar refractivity (Wildman–Crippen MR) is 120 cm³/mol. The Morgan fingerprint density at radius 1 is 1.26 bits per heavy atom. The number of nitro benzene ring substituents is 1. The lowest BCUT2D eigenvalue weighted by Crippen LogP contribution is -2.23. The summed E-state index contributed by atoms with van der Waals surface area (Å²) in [6.45, 7) is 0.0200. The Labute approximate surface area is 197 Å². The van der Waals surface area contributed by atoms with Crippen LogP contribution in [0.1, 0.15) is 15.9 Å². The molecule has 10 nitrogen and oxygen atoms in total. The molecule has 0 unspecified atom stereocenters. The second-order valence-electron chi connectivity index (χ2n) is 7.00. The number of carbonyl (C=O) groups excluding carboxylic acids is 1. The van der Waals surface area contributed by atoms with Crippen molar-refractivity contribution in [3.63, 3.8) is 0 Å². The molecule has 34 heavy (non-hydrogen) atoms. The highest BCUT2D eigenvalue weighted by molar-refractivity contribution is 7.99. The molecule has 12 heteroatoms. The van der Waals surface area contributed by atoms with E-state index in [0.29, 0.717) is 21.4 Å². The van der Waals surface area contributed by atoms with E-state index >= 15 is 0 Å². The van der Waals surface area contributed by atoms with Crippen molar-refractivity contribution in [3.8, 4) is 11.5 Å². The first-order valence-electron chi connectivity index (χ1n) is 9.85. The van der Waals surface area contributed by atoms with Crippen LogP contribution in [0.4, 0.5) is 10.1 Å². The number of rotatable bonds is 8. The molecule has 0 saturated carbocycles. The maximum atomic E-state index is 14.4. The maximum Gasteiger partial charge on any atom is 0.284 e. The molecular formula is C22H17FN6O4S. The number of nitrogens with zero attached hydrogens (tertiary/aromatic N) is 5. The molecule has 4 aromatic rings. The minimum Gasteiger partial charge on any atom is -0.453 e. The summed E-state index contributed by atoms with van der Waals surface area (Å²) < 4.78 is 21.5. The van der Waals surface area contributed by atoms with Crippen molar-refractivity contribution in [1.82, 2.24) is 25.1 Å². The second kappa shape index (κ2) is 10.1. The van der Waals surface area contributed by atoms with Crippen LogP contribution in [0.25, 0.3) is 0 Å². The number of amides is 1. The smallest absolute Gasteiger partial charge is 0.284 e. The lowest BCUT2D eigenvalue weighted by molar-refractivity contribution is -0.387. The number of benzene rings is 2. The summed E-state index contributed by atoms with van der Waals surface area (Å²) in [7, 11) is 1.72. The molecule has 2 aromatic carbocycles. The van der Waals surface area contributed by atoms with E-state index in [9.17, 15) is 19.3 Å². The number of hydrogen-bond acceptors (Lipinski definition) is 8. The first-order valence-corrected chi connectivity index (χ1v) is 10.7. The van der Waals surface area contributed by atoms with Gasteiger partial charge in [-0.05, 0) is 53.7 Å².